The first-order valence-corrected chi connectivity index (χ1v) is 6.46. The molecule has 0 aliphatic carbocycles. The van der Waals surface area contributed by atoms with Gasteiger partial charge in [-0.2, -0.15) is 0 Å². The molecule has 1 aromatic rings. The third-order valence-electron chi connectivity index (χ3n) is 2.41. The maximum absolute atomic E-state index is 11.9. The highest BCUT2D eigenvalue weighted by atomic mass is 16.6. The predicted molar refractivity (Wildman–Crippen MR) is 81.0 cm³/mol. The number of nitrogens with zero attached hydrogens (tertiary/aromatic N) is 2. The number of hydrogen-bond donors (Lipinski definition) is 0. The van der Waals surface area contributed by atoms with Gasteiger partial charge in [0.2, 0.25) is 0 Å². The van der Waals surface area contributed by atoms with Gasteiger partial charge >= 0.3 is 5.97 Å². The minimum Gasteiger partial charge on any atom is -0.456 e. The van der Waals surface area contributed by atoms with Gasteiger partial charge in [0.1, 0.15) is 5.60 Å². The van der Waals surface area contributed by atoms with Crippen LogP contribution in [0.15, 0.2) is 24.4 Å². The van der Waals surface area contributed by atoms with E-state index >= 15 is 0 Å². The summed E-state index contributed by atoms with van der Waals surface area (Å²) in [6.07, 6.45) is 3.33. The molecule has 0 aliphatic heterocycles. The van der Waals surface area contributed by atoms with Crippen molar-refractivity contribution in [2.75, 3.05) is 14.1 Å². The highest BCUT2D eigenvalue weighted by molar-refractivity contribution is 5.91. The van der Waals surface area contributed by atoms with Crippen LogP contribution in [0.3, 0.4) is 0 Å². The fourth-order valence-corrected chi connectivity index (χ4v) is 1.54. The molecule has 1 aromatic carbocycles. The molecule has 6 nitrogen and oxygen atoms in total. The lowest BCUT2D eigenvalue weighted by molar-refractivity contribution is -0.385. The van der Waals surface area contributed by atoms with Crippen molar-refractivity contribution >= 4 is 17.7 Å². The molecule has 1 rings (SSSR count). The lowest BCUT2D eigenvalue weighted by Crippen LogP contribution is -2.23. The van der Waals surface area contributed by atoms with E-state index in [1.54, 1.807) is 37.9 Å². The lowest BCUT2D eigenvalue weighted by atomic mass is 10.1. The fourth-order valence-electron chi connectivity index (χ4n) is 1.54. The maximum atomic E-state index is 11.9. The Labute approximate surface area is 124 Å². The minimum atomic E-state index is -0.643. The highest BCUT2D eigenvalue weighted by Crippen LogP contribution is 2.23. The fraction of sp³-hybridized carbons (Fsp3) is 0.400. The first-order valence-electron chi connectivity index (χ1n) is 6.46. The largest absolute Gasteiger partial charge is 0.456 e. The minimum absolute atomic E-state index is 0.128. The Bertz CT molecular complexity index is 572. The Morgan fingerprint density at radius 1 is 1.33 bits per heavy atom. The van der Waals surface area contributed by atoms with E-state index in [9.17, 15) is 14.9 Å². The van der Waals surface area contributed by atoms with Crippen LogP contribution in [-0.2, 0) is 4.74 Å². The number of nitro groups is 1. The monoisotopic (exact) mass is 292 g/mol. The second kappa shape index (κ2) is 6.39. The maximum Gasteiger partial charge on any atom is 0.338 e. The Kier molecular flexibility index (Phi) is 5.07. The van der Waals surface area contributed by atoms with Crippen LogP contribution in [0.1, 0.15) is 36.7 Å². The van der Waals surface area contributed by atoms with Gasteiger partial charge in [0.15, 0.2) is 0 Å². The van der Waals surface area contributed by atoms with E-state index < -0.39 is 16.5 Å². The zero-order valence-electron chi connectivity index (χ0n) is 12.9. The first kappa shape index (κ1) is 16.7. The molecule has 0 bridgehead atoms. The summed E-state index contributed by atoms with van der Waals surface area (Å²) in [5.41, 5.74) is -0.175. The van der Waals surface area contributed by atoms with Gasteiger partial charge in [-0.3, -0.25) is 10.1 Å². The van der Waals surface area contributed by atoms with Gasteiger partial charge < -0.3 is 9.64 Å². The van der Waals surface area contributed by atoms with Crippen LogP contribution in [0.2, 0.25) is 0 Å². The van der Waals surface area contributed by atoms with Crippen molar-refractivity contribution in [2.24, 2.45) is 0 Å². The van der Waals surface area contributed by atoms with E-state index in [0.717, 1.165) is 0 Å². The average Bonchev–Trinajstić information content (AvgIpc) is 2.33. The molecule has 0 N–H and O–H groups in total. The van der Waals surface area contributed by atoms with Crippen LogP contribution in [0.25, 0.3) is 6.08 Å². The van der Waals surface area contributed by atoms with Crippen molar-refractivity contribution in [3.05, 3.63) is 45.6 Å². The van der Waals surface area contributed by atoms with Crippen LogP contribution >= 0.6 is 0 Å². The molecule has 0 radical (unpaired) electrons. The molecule has 0 amide bonds. The topological polar surface area (TPSA) is 72.7 Å². The highest BCUT2D eigenvalue weighted by Gasteiger charge is 2.21. The molecular formula is C15H20N2O4. The molecule has 0 unspecified atom stereocenters. The molecule has 0 spiro atoms. The number of carbonyl (C=O) groups is 1. The van der Waals surface area contributed by atoms with Crippen molar-refractivity contribution in [1.82, 2.24) is 4.90 Å². The van der Waals surface area contributed by atoms with E-state index in [1.165, 1.54) is 18.2 Å². The van der Waals surface area contributed by atoms with E-state index in [4.69, 9.17) is 4.74 Å². The van der Waals surface area contributed by atoms with E-state index in [2.05, 4.69) is 0 Å². The summed E-state index contributed by atoms with van der Waals surface area (Å²) in [7, 11) is 3.63. The zero-order chi connectivity index (χ0) is 16.2. The van der Waals surface area contributed by atoms with Gasteiger partial charge in [-0.1, -0.05) is 0 Å². The predicted octanol–water partition coefficient (Wildman–Crippen LogP) is 3.08. The molecular weight excluding hydrogens is 272 g/mol. The molecule has 114 valence electrons. The first-order chi connectivity index (χ1) is 9.60. The van der Waals surface area contributed by atoms with Gasteiger partial charge in [-0.05, 0) is 45.2 Å². The molecule has 0 aliphatic rings. The summed E-state index contributed by atoms with van der Waals surface area (Å²) in [6, 6.07) is 4.30. The van der Waals surface area contributed by atoms with Crippen LogP contribution in [0.5, 0.6) is 0 Å². The summed E-state index contributed by atoms with van der Waals surface area (Å²) in [5, 5.41) is 11.1. The third-order valence-corrected chi connectivity index (χ3v) is 2.41. The lowest BCUT2D eigenvalue weighted by Gasteiger charge is -2.19. The van der Waals surface area contributed by atoms with E-state index in [-0.39, 0.29) is 11.3 Å². The zero-order valence-corrected chi connectivity index (χ0v) is 12.9. The SMILES string of the molecule is CN(C)/C=C/c1ccc(C(=O)OC(C)(C)C)cc1[N+](=O)[O-]. The smallest absolute Gasteiger partial charge is 0.338 e. The molecule has 21 heavy (non-hydrogen) atoms. The average molecular weight is 292 g/mol. The number of carbonyl (C=O) groups excluding carboxylic acids is 1. The Hall–Kier alpha value is -2.37. The molecule has 6 heteroatoms. The van der Waals surface area contributed by atoms with Crippen LogP contribution in [0.4, 0.5) is 5.69 Å². The van der Waals surface area contributed by atoms with E-state index in [0.29, 0.717) is 5.56 Å². The van der Waals surface area contributed by atoms with Gasteiger partial charge in [-0.25, -0.2) is 4.79 Å². The van der Waals surface area contributed by atoms with Crippen molar-refractivity contribution in [3.8, 4) is 0 Å². The van der Waals surface area contributed by atoms with Crippen molar-refractivity contribution < 1.29 is 14.5 Å². The summed E-state index contributed by atoms with van der Waals surface area (Å²) in [5.74, 6) is -0.575. The second-order valence-electron chi connectivity index (χ2n) is 5.81. The number of esters is 1. The molecule has 0 heterocycles. The van der Waals surface area contributed by atoms with Gasteiger partial charge in [0, 0.05) is 20.2 Å². The van der Waals surface area contributed by atoms with Crippen molar-refractivity contribution in [1.29, 1.82) is 0 Å². The quantitative estimate of drug-likeness (QED) is 0.484. The van der Waals surface area contributed by atoms with Gasteiger partial charge in [0.25, 0.3) is 5.69 Å². The number of benzene rings is 1. The Morgan fingerprint density at radius 2 is 1.95 bits per heavy atom. The summed E-state index contributed by atoms with van der Waals surface area (Å²) >= 11 is 0. The van der Waals surface area contributed by atoms with Crippen molar-refractivity contribution in [3.63, 3.8) is 0 Å². The molecule has 0 saturated heterocycles. The number of ether oxygens (including phenoxy) is 1. The summed E-state index contributed by atoms with van der Waals surface area (Å²) < 4.78 is 5.21. The molecule has 0 saturated carbocycles. The molecule has 0 fully saturated rings. The van der Waals surface area contributed by atoms with Gasteiger partial charge in [0.05, 0.1) is 16.1 Å². The molecule has 0 atom stereocenters. The van der Waals surface area contributed by atoms with Crippen LogP contribution in [0, 0.1) is 10.1 Å². The van der Waals surface area contributed by atoms with Crippen molar-refractivity contribution in [2.45, 2.75) is 26.4 Å². The number of hydrogen-bond acceptors (Lipinski definition) is 5. The standard InChI is InChI=1S/C15H20N2O4/c1-15(2,3)21-14(18)12-7-6-11(8-9-16(4)5)13(10-12)17(19)20/h6-10H,1-5H3/b9-8+. The van der Waals surface area contributed by atoms with E-state index in [1.807, 2.05) is 14.1 Å². The Morgan fingerprint density at radius 3 is 2.43 bits per heavy atom. The second-order valence-corrected chi connectivity index (χ2v) is 5.81. The van der Waals surface area contributed by atoms with Crippen LogP contribution in [-0.4, -0.2) is 35.5 Å². The molecule has 0 aromatic heterocycles. The number of nitro benzene ring substituents is 1. The van der Waals surface area contributed by atoms with Crippen LogP contribution < -0.4 is 0 Å². The normalized spacial score (nSPS) is 11.5. The third kappa shape index (κ3) is 5.25. The summed E-state index contributed by atoms with van der Waals surface area (Å²) in [4.78, 5) is 24.3. The van der Waals surface area contributed by atoms with Gasteiger partial charge in [-0.15, -0.1) is 0 Å². The Balaban J connectivity index is 3.15. The number of rotatable bonds is 4. The summed E-state index contributed by atoms with van der Waals surface area (Å²) in [6.45, 7) is 5.23.